The van der Waals surface area contributed by atoms with Crippen molar-refractivity contribution < 1.29 is 4.79 Å². The zero-order valence-corrected chi connectivity index (χ0v) is 13.1. The van der Waals surface area contributed by atoms with Crippen LogP contribution in [0.3, 0.4) is 0 Å². The van der Waals surface area contributed by atoms with E-state index in [9.17, 15) is 4.79 Å². The third-order valence-corrected chi connectivity index (χ3v) is 3.82. The van der Waals surface area contributed by atoms with Crippen LogP contribution in [0, 0.1) is 0 Å². The lowest BCUT2D eigenvalue weighted by molar-refractivity contribution is 0.0970. The molecule has 5 nitrogen and oxygen atoms in total. The molecule has 0 aromatic carbocycles. The van der Waals surface area contributed by atoms with Gasteiger partial charge in [-0.1, -0.05) is 32.4 Å². The third-order valence-electron chi connectivity index (χ3n) is 3.62. The molecule has 0 aliphatic heterocycles. The predicted octanol–water partition coefficient (Wildman–Crippen LogP) is 3.13. The van der Waals surface area contributed by atoms with Gasteiger partial charge in [-0.15, -0.1) is 10.2 Å². The number of hydrogen-bond acceptors (Lipinski definition) is 4. The van der Waals surface area contributed by atoms with Crippen LogP contribution in [0.1, 0.15) is 55.4 Å². The van der Waals surface area contributed by atoms with E-state index in [1.807, 2.05) is 0 Å². The minimum absolute atomic E-state index is 0.175. The van der Waals surface area contributed by atoms with Gasteiger partial charge in [0.25, 0.3) is 0 Å². The van der Waals surface area contributed by atoms with E-state index in [1.54, 1.807) is 16.8 Å². The van der Waals surface area contributed by atoms with Crippen molar-refractivity contribution in [2.75, 3.05) is 0 Å². The molecule has 2 aromatic rings. The van der Waals surface area contributed by atoms with Gasteiger partial charge in [0.1, 0.15) is 0 Å². The number of fused-ring (bicyclic) bond motifs is 1. The fraction of sp³-hybridized carbons (Fsp3) is 0.467. The molecular formula is C15H17ClN4O. The highest BCUT2D eigenvalue weighted by Gasteiger charge is 2.33. The second-order valence-corrected chi connectivity index (χ2v) is 6.71. The van der Waals surface area contributed by atoms with E-state index >= 15 is 0 Å². The lowest BCUT2D eigenvalue weighted by atomic mass is 9.84. The minimum atomic E-state index is -0.192. The summed E-state index contributed by atoms with van der Waals surface area (Å²) in [5, 5.41) is 13.0. The molecule has 0 fully saturated rings. The second-order valence-electron chi connectivity index (χ2n) is 6.32. The molecule has 1 aliphatic carbocycles. The Bertz CT molecular complexity index is 698. The maximum atomic E-state index is 12.3. The van der Waals surface area contributed by atoms with Crippen molar-refractivity contribution in [1.29, 1.82) is 0 Å². The Kier molecular flexibility index (Phi) is 3.32. The van der Waals surface area contributed by atoms with E-state index in [0.29, 0.717) is 17.4 Å². The number of Topliss-reactive ketones (excluding diaryl/α,β-unsaturated/α-hetero) is 1. The van der Waals surface area contributed by atoms with Gasteiger partial charge in [0.15, 0.2) is 16.8 Å². The summed E-state index contributed by atoms with van der Waals surface area (Å²) in [5.74, 6) is 0.773. The standard InChI is InChI=1S/C15H17ClN4O/c1-15(2,3)14-13-9(5-4-6-10(13)21)20(19-14)12-8-7-11(16)17-18-12/h7-8H,4-6H2,1-3H3. The van der Waals surface area contributed by atoms with Crippen molar-refractivity contribution in [3.8, 4) is 5.82 Å². The van der Waals surface area contributed by atoms with E-state index in [1.165, 1.54) is 0 Å². The van der Waals surface area contributed by atoms with Crippen molar-refractivity contribution in [2.24, 2.45) is 0 Å². The fourth-order valence-corrected chi connectivity index (χ4v) is 2.76. The molecule has 0 atom stereocenters. The van der Waals surface area contributed by atoms with Gasteiger partial charge in [0, 0.05) is 11.8 Å². The van der Waals surface area contributed by atoms with Gasteiger partial charge < -0.3 is 0 Å². The van der Waals surface area contributed by atoms with Gasteiger partial charge in [-0.05, 0) is 25.0 Å². The first-order chi connectivity index (χ1) is 9.88. The molecule has 0 bridgehead atoms. The van der Waals surface area contributed by atoms with Crippen LogP contribution in [-0.4, -0.2) is 25.8 Å². The van der Waals surface area contributed by atoms with Crippen LogP contribution in [0.25, 0.3) is 5.82 Å². The maximum Gasteiger partial charge on any atom is 0.176 e. The molecule has 0 radical (unpaired) electrons. The van der Waals surface area contributed by atoms with E-state index in [-0.39, 0.29) is 11.2 Å². The number of ketones is 1. The molecule has 2 heterocycles. The van der Waals surface area contributed by atoms with Gasteiger partial charge in [0.2, 0.25) is 0 Å². The lowest BCUT2D eigenvalue weighted by Crippen LogP contribution is -2.19. The van der Waals surface area contributed by atoms with Crippen LogP contribution in [-0.2, 0) is 11.8 Å². The van der Waals surface area contributed by atoms with Crippen molar-refractivity contribution in [3.05, 3.63) is 34.2 Å². The summed E-state index contributed by atoms with van der Waals surface area (Å²) in [6, 6.07) is 3.45. The Morgan fingerprint density at radius 1 is 1.19 bits per heavy atom. The maximum absolute atomic E-state index is 12.3. The molecule has 2 aromatic heterocycles. The zero-order chi connectivity index (χ0) is 15.2. The van der Waals surface area contributed by atoms with Crippen LogP contribution in [0.5, 0.6) is 0 Å². The first kappa shape index (κ1) is 14.2. The zero-order valence-electron chi connectivity index (χ0n) is 12.4. The summed E-state index contributed by atoms with van der Waals surface area (Å²) in [5.41, 5.74) is 2.35. The largest absolute Gasteiger partial charge is 0.294 e. The van der Waals surface area contributed by atoms with Crippen LogP contribution in [0.15, 0.2) is 12.1 Å². The Morgan fingerprint density at radius 3 is 2.57 bits per heavy atom. The Balaban J connectivity index is 2.22. The minimum Gasteiger partial charge on any atom is -0.294 e. The molecule has 0 saturated heterocycles. The molecule has 1 aliphatic rings. The highest BCUT2D eigenvalue weighted by Crippen LogP contribution is 2.33. The molecule has 3 rings (SSSR count). The normalized spacial score (nSPS) is 15.1. The number of nitrogens with zero attached hydrogens (tertiary/aromatic N) is 4. The molecule has 0 spiro atoms. The monoisotopic (exact) mass is 304 g/mol. The van der Waals surface area contributed by atoms with Crippen molar-refractivity contribution in [2.45, 2.75) is 45.4 Å². The van der Waals surface area contributed by atoms with E-state index in [0.717, 1.165) is 29.8 Å². The summed E-state index contributed by atoms with van der Waals surface area (Å²) < 4.78 is 1.75. The molecule has 0 unspecified atom stereocenters. The third kappa shape index (κ3) is 2.46. The van der Waals surface area contributed by atoms with Crippen LogP contribution < -0.4 is 0 Å². The summed E-state index contributed by atoms with van der Waals surface area (Å²) in [6.07, 6.45) is 2.27. The second kappa shape index (κ2) is 4.91. The van der Waals surface area contributed by atoms with Crippen LogP contribution in [0.2, 0.25) is 5.15 Å². The first-order valence-electron chi connectivity index (χ1n) is 7.03. The van der Waals surface area contributed by atoms with Gasteiger partial charge >= 0.3 is 0 Å². The summed E-state index contributed by atoms with van der Waals surface area (Å²) in [4.78, 5) is 12.3. The smallest absolute Gasteiger partial charge is 0.176 e. The summed E-state index contributed by atoms with van der Waals surface area (Å²) in [6.45, 7) is 6.19. The highest BCUT2D eigenvalue weighted by atomic mass is 35.5. The quantitative estimate of drug-likeness (QED) is 0.812. The average molecular weight is 305 g/mol. The molecule has 0 N–H and O–H groups in total. The van der Waals surface area contributed by atoms with Gasteiger partial charge in [-0.3, -0.25) is 4.79 Å². The molecule has 0 amide bonds. The number of rotatable bonds is 1. The number of halogens is 1. The van der Waals surface area contributed by atoms with E-state index < -0.39 is 0 Å². The first-order valence-corrected chi connectivity index (χ1v) is 7.41. The van der Waals surface area contributed by atoms with E-state index in [4.69, 9.17) is 11.6 Å². The number of carbonyl (C=O) groups is 1. The number of carbonyl (C=O) groups excluding carboxylic acids is 1. The number of aromatic nitrogens is 4. The van der Waals surface area contributed by atoms with Gasteiger partial charge in [0.05, 0.1) is 17.0 Å². The van der Waals surface area contributed by atoms with Gasteiger partial charge in [-0.25, -0.2) is 4.68 Å². The average Bonchev–Trinajstić information content (AvgIpc) is 2.81. The number of hydrogen-bond donors (Lipinski definition) is 0. The van der Waals surface area contributed by atoms with Crippen LogP contribution in [0.4, 0.5) is 0 Å². The lowest BCUT2D eigenvalue weighted by Gasteiger charge is -2.18. The fourth-order valence-electron chi connectivity index (χ4n) is 2.65. The molecular weight excluding hydrogens is 288 g/mol. The highest BCUT2D eigenvalue weighted by molar-refractivity contribution is 6.29. The van der Waals surface area contributed by atoms with Crippen molar-refractivity contribution in [3.63, 3.8) is 0 Å². The molecule has 21 heavy (non-hydrogen) atoms. The molecule has 0 saturated carbocycles. The van der Waals surface area contributed by atoms with Gasteiger partial charge in [-0.2, -0.15) is 5.10 Å². The topological polar surface area (TPSA) is 60.7 Å². The SMILES string of the molecule is CC(C)(C)c1nn(-c2ccc(Cl)nn2)c2c1C(=O)CCC2. The summed E-state index contributed by atoms with van der Waals surface area (Å²) >= 11 is 5.79. The molecule has 6 heteroatoms. The summed E-state index contributed by atoms with van der Waals surface area (Å²) in [7, 11) is 0. The molecule has 110 valence electrons. The van der Waals surface area contributed by atoms with Crippen LogP contribution >= 0.6 is 11.6 Å². The Morgan fingerprint density at radius 2 is 1.95 bits per heavy atom. The van der Waals surface area contributed by atoms with Crippen molar-refractivity contribution in [1.82, 2.24) is 20.0 Å². The van der Waals surface area contributed by atoms with E-state index in [2.05, 4.69) is 36.1 Å². The Labute approximate surface area is 128 Å². The van der Waals surface area contributed by atoms with Crippen molar-refractivity contribution >= 4 is 17.4 Å². The predicted molar refractivity (Wildman–Crippen MR) is 80.1 cm³/mol. The Hall–Kier alpha value is -1.75.